The summed E-state index contributed by atoms with van der Waals surface area (Å²) in [6, 6.07) is 12.4. The molecule has 0 aliphatic rings. The summed E-state index contributed by atoms with van der Waals surface area (Å²) in [6.45, 7) is 3.90. The first-order chi connectivity index (χ1) is 12.2. The van der Waals surface area contributed by atoms with Crippen LogP contribution in [0.2, 0.25) is 0 Å². The molecule has 0 spiro atoms. The van der Waals surface area contributed by atoms with Gasteiger partial charge >= 0.3 is 0 Å². The minimum Gasteiger partial charge on any atom is -0.495 e. The van der Waals surface area contributed by atoms with Gasteiger partial charge in [0.2, 0.25) is 0 Å². The van der Waals surface area contributed by atoms with Crippen LogP contribution < -0.4 is 20.5 Å². The van der Waals surface area contributed by atoms with E-state index in [0.29, 0.717) is 17.0 Å². The first kappa shape index (κ1) is 19.7. The van der Waals surface area contributed by atoms with E-state index in [0.717, 1.165) is 0 Å². The molecule has 0 saturated heterocycles. The van der Waals surface area contributed by atoms with Crippen molar-refractivity contribution in [2.24, 2.45) is 5.73 Å². The lowest BCUT2D eigenvalue weighted by Crippen LogP contribution is -2.48. The van der Waals surface area contributed by atoms with Crippen molar-refractivity contribution in [3.63, 3.8) is 0 Å². The van der Waals surface area contributed by atoms with Gasteiger partial charge in [0.15, 0.2) is 0 Å². The Morgan fingerprint density at radius 2 is 1.73 bits per heavy atom. The van der Waals surface area contributed by atoms with Crippen LogP contribution in [0.3, 0.4) is 0 Å². The maximum Gasteiger partial charge on any atom is 0.262 e. The van der Waals surface area contributed by atoms with Gasteiger partial charge in [0, 0.05) is 17.6 Å². The van der Waals surface area contributed by atoms with Crippen molar-refractivity contribution >= 4 is 21.6 Å². The predicted molar refractivity (Wildman–Crippen MR) is 101 cm³/mol. The molecule has 0 radical (unpaired) electrons. The number of ether oxygens (including phenoxy) is 1. The third kappa shape index (κ3) is 4.74. The van der Waals surface area contributed by atoms with Gasteiger partial charge in [-0.05, 0) is 50.2 Å². The van der Waals surface area contributed by atoms with Crippen LogP contribution >= 0.6 is 0 Å². The second-order valence-electron chi connectivity index (χ2n) is 6.37. The number of nitrogens with one attached hydrogen (secondary N) is 2. The van der Waals surface area contributed by atoms with E-state index < -0.39 is 15.6 Å². The highest BCUT2D eigenvalue weighted by atomic mass is 32.2. The van der Waals surface area contributed by atoms with Crippen molar-refractivity contribution in [3.05, 3.63) is 54.1 Å². The van der Waals surface area contributed by atoms with Crippen molar-refractivity contribution in [2.75, 3.05) is 18.4 Å². The van der Waals surface area contributed by atoms with Crippen molar-refractivity contribution < 1.29 is 17.9 Å². The number of carbonyl (C=O) groups is 1. The number of amides is 1. The molecule has 0 aliphatic heterocycles. The molecule has 1 amide bonds. The largest absolute Gasteiger partial charge is 0.495 e. The molecule has 0 bridgehead atoms. The molecule has 0 fully saturated rings. The van der Waals surface area contributed by atoms with Crippen LogP contribution in [-0.2, 0) is 10.0 Å². The SMILES string of the molecule is COc1ccccc1NS(=O)(=O)c1ccc(C(=O)NC(C)(C)CN)cc1. The normalized spacial score (nSPS) is 11.7. The molecule has 4 N–H and O–H groups in total. The van der Waals surface area contributed by atoms with Gasteiger partial charge in [-0.25, -0.2) is 8.42 Å². The van der Waals surface area contributed by atoms with E-state index in [1.165, 1.54) is 31.4 Å². The zero-order chi connectivity index (χ0) is 19.4. The summed E-state index contributed by atoms with van der Waals surface area (Å²) in [5, 5.41) is 2.79. The minimum absolute atomic E-state index is 0.0399. The zero-order valence-electron chi connectivity index (χ0n) is 14.9. The summed E-state index contributed by atoms with van der Waals surface area (Å²) in [7, 11) is -2.35. The Balaban J connectivity index is 2.20. The lowest BCUT2D eigenvalue weighted by Gasteiger charge is -2.24. The number of benzene rings is 2. The van der Waals surface area contributed by atoms with Crippen LogP contribution in [0.4, 0.5) is 5.69 Å². The van der Waals surface area contributed by atoms with Gasteiger partial charge in [0.1, 0.15) is 5.75 Å². The Bertz CT molecular complexity index is 878. The van der Waals surface area contributed by atoms with Gasteiger partial charge in [0.05, 0.1) is 17.7 Å². The number of rotatable bonds is 7. The molecule has 0 heterocycles. The molecule has 0 atom stereocenters. The van der Waals surface area contributed by atoms with E-state index in [1.807, 2.05) is 0 Å². The molecular formula is C18H23N3O4S. The Morgan fingerprint density at radius 1 is 1.12 bits per heavy atom. The third-order valence-electron chi connectivity index (χ3n) is 3.74. The van der Waals surface area contributed by atoms with E-state index >= 15 is 0 Å². The molecule has 2 aromatic carbocycles. The fourth-order valence-electron chi connectivity index (χ4n) is 2.15. The van der Waals surface area contributed by atoms with Gasteiger partial charge < -0.3 is 15.8 Å². The summed E-state index contributed by atoms with van der Waals surface area (Å²) in [5.41, 5.74) is 5.73. The summed E-state index contributed by atoms with van der Waals surface area (Å²) in [4.78, 5) is 12.2. The topological polar surface area (TPSA) is 111 Å². The Morgan fingerprint density at radius 3 is 2.31 bits per heavy atom. The summed E-state index contributed by atoms with van der Waals surface area (Å²) in [5.74, 6) is 0.0955. The Labute approximate surface area is 153 Å². The maximum atomic E-state index is 12.5. The molecule has 140 valence electrons. The number of anilines is 1. The van der Waals surface area contributed by atoms with Crippen molar-refractivity contribution in [1.29, 1.82) is 0 Å². The number of nitrogens with two attached hydrogens (primary N) is 1. The molecule has 0 unspecified atom stereocenters. The molecule has 0 aliphatic carbocycles. The predicted octanol–water partition coefficient (Wildman–Crippen LogP) is 1.96. The number of methoxy groups -OCH3 is 1. The maximum absolute atomic E-state index is 12.5. The Kier molecular flexibility index (Phi) is 5.89. The number of carbonyl (C=O) groups excluding carboxylic acids is 1. The fraction of sp³-hybridized carbons (Fsp3) is 0.278. The van der Waals surface area contributed by atoms with Gasteiger partial charge in [0.25, 0.3) is 15.9 Å². The van der Waals surface area contributed by atoms with Crippen LogP contribution in [0, 0.1) is 0 Å². The molecule has 8 heteroatoms. The first-order valence-electron chi connectivity index (χ1n) is 7.97. The van der Waals surface area contributed by atoms with Crippen LogP contribution in [0.1, 0.15) is 24.2 Å². The van der Waals surface area contributed by atoms with E-state index in [1.54, 1.807) is 38.1 Å². The highest BCUT2D eigenvalue weighted by Crippen LogP contribution is 2.26. The van der Waals surface area contributed by atoms with E-state index in [9.17, 15) is 13.2 Å². The van der Waals surface area contributed by atoms with Gasteiger partial charge in [-0.2, -0.15) is 0 Å². The average Bonchev–Trinajstić information content (AvgIpc) is 2.61. The monoisotopic (exact) mass is 377 g/mol. The number of hydrogen-bond acceptors (Lipinski definition) is 5. The van der Waals surface area contributed by atoms with E-state index in [-0.39, 0.29) is 17.3 Å². The molecule has 2 aromatic rings. The Hall–Kier alpha value is -2.58. The van der Waals surface area contributed by atoms with Crippen LogP contribution in [0.25, 0.3) is 0 Å². The van der Waals surface area contributed by atoms with Crippen molar-refractivity contribution in [2.45, 2.75) is 24.3 Å². The smallest absolute Gasteiger partial charge is 0.262 e. The number of para-hydroxylation sites is 2. The van der Waals surface area contributed by atoms with Crippen LogP contribution in [0.5, 0.6) is 5.75 Å². The quantitative estimate of drug-likeness (QED) is 0.683. The van der Waals surface area contributed by atoms with Crippen molar-refractivity contribution in [3.8, 4) is 5.75 Å². The fourth-order valence-corrected chi connectivity index (χ4v) is 3.22. The van der Waals surface area contributed by atoms with Crippen LogP contribution in [-0.4, -0.2) is 33.5 Å². The van der Waals surface area contributed by atoms with E-state index in [4.69, 9.17) is 10.5 Å². The summed E-state index contributed by atoms with van der Waals surface area (Å²) >= 11 is 0. The lowest BCUT2D eigenvalue weighted by atomic mass is 10.1. The van der Waals surface area contributed by atoms with Crippen molar-refractivity contribution in [1.82, 2.24) is 5.32 Å². The second kappa shape index (κ2) is 7.76. The van der Waals surface area contributed by atoms with Crippen LogP contribution in [0.15, 0.2) is 53.4 Å². The zero-order valence-corrected chi connectivity index (χ0v) is 15.8. The molecule has 0 saturated carbocycles. The number of hydrogen-bond donors (Lipinski definition) is 3. The molecule has 7 nitrogen and oxygen atoms in total. The molecule has 2 rings (SSSR count). The standard InChI is InChI=1S/C18H23N3O4S/c1-18(2,12-19)20-17(22)13-8-10-14(11-9-13)26(23,24)21-15-6-4-5-7-16(15)25-3/h4-11,21H,12,19H2,1-3H3,(H,20,22). The molecule has 26 heavy (non-hydrogen) atoms. The average molecular weight is 377 g/mol. The minimum atomic E-state index is -3.81. The first-order valence-corrected chi connectivity index (χ1v) is 9.45. The molecule has 0 aromatic heterocycles. The summed E-state index contributed by atoms with van der Waals surface area (Å²) in [6.07, 6.45) is 0. The van der Waals surface area contributed by atoms with Gasteiger partial charge in [-0.1, -0.05) is 12.1 Å². The second-order valence-corrected chi connectivity index (χ2v) is 8.05. The third-order valence-corrected chi connectivity index (χ3v) is 5.12. The summed E-state index contributed by atoms with van der Waals surface area (Å²) < 4.78 is 32.7. The molecular weight excluding hydrogens is 354 g/mol. The highest BCUT2D eigenvalue weighted by Gasteiger charge is 2.20. The highest BCUT2D eigenvalue weighted by molar-refractivity contribution is 7.92. The van der Waals surface area contributed by atoms with E-state index in [2.05, 4.69) is 10.0 Å². The van der Waals surface area contributed by atoms with Gasteiger partial charge in [-0.3, -0.25) is 9.52 Å². The number of sulfonamides is 1. The van der Waals surface area contributed by atoms with Gasteiger partial charge in [-0.15, -0.1) is 0 Å². The lowest BCUT2D eigenvalue weighted by molar-refractivity contribution is 0.0915.